The molecule has 2 saturated heterocycles. The van der Waals surface area contributed by atoms with E-state index in [1.165, 1.54) is 11.0 Å². The van der Waals surface area contributed by atoms with Crippen molar-refractivity contribution in [1.29, 1.82) is 0 Å². The van der Waals surface area contributed by atoms with Crippen molar-refractivity contribution < 1.29 is 37.5 Å². The minimum absolute atomic E-state index is 0.0329. The van der Waals surface area contributed by atoms with E-state index in [0.717, 1.165) is 5.56 Å². The number of halogens is 5. The molecule has 3 heterocycles. The molecule has 6 unspecified atom stereocenters. The molecule has 0 spiro atoms. The number of hydrazine groups is 1. The van der Waals surface area contributed by atoms with Gasteiger partial charge in [0.05, 0.1) is 40.3 Å². The van der Waals surface area contributed by atoms with Crippen molar-refractivity contribution in [3.63, 3.8) is 0 Å². The second-order valence-corrected chi connectivity index (χ2v) is 14.6. The number of alkyl halides is 3. The summed E-state index contributed by atoms with van der Waals surface area (Å²) in [6, 6.07) is 22.6. The van der Waals surface area contributed by atoms with Crippen LogP contribution in [-0.4, -0.2) is 43.6 Å². The van der Waals surface area contributed by atoms with Gasteiger partial charge in [-0.15, -0.1) is 0 Å². The average Bonchev–Trinajstić information content (AvgIpc) is 3.50. The van der Waals surface area contributed by atoms with Crippen molar-refractivity contribution >= 4 is 52.6 Å². The summed E-state index contributed by atoms with van der Waals surface area (Å²) in [7, 11) is 0. The number of phenols is 1. The summed E-state index contributed by atoms with van der Waals surface area (Å²) in [4.78, 5) is 63.2. The first kappa shape index (κ1) is 34.9. The lowest BCUT2D eigenvalue weighted by molar-refractivity contribution is -0.142. The minimum atomic E-state index is -4.75. The quantitative estimate of drug-likeness (QED) is 0.156. The van der Waals surface area contributed by atoms with Crippen LogP contribution in [0.5, 0.6) is 5.75 Å². The summed E-state index contributed by atoms with van der Waals surface area (Å²) in [5, 5.41) is 12.0. The Kier molecular flexibility index (Phi) is 8.38. The molecule has 4 amide bonds. The van der Waals surface area contributed by atoms with Crippen LogP contribution in [0.4, 0.5) is 19.0 Å². The summed E-state index contributed by atoms with van der Waals surface area (Å²) < 4.78 is 40.3. The van der Waals surface area contributed by atoms with E-state index in [9.17, 15) is 32.7 Å². The average molecular weight is 762 g/mol. The van der Waals surface area contributed by atoms with Gasteiger partial charge in [-0.25, -0.2) is 4.98 Å². The molecule has 3 aromatic carbocycles. The Labute approximate surface area is 311 Å². The number of nitrogens with zero attached hydrogens (tertiary/aromatic N) is 3. The number of hydrogen-bond donors (Lipinski definition) is 2. The van der Waals surface area contributed by atoms with E-state index < -0.39 is 63.6 Å². The number of rotatable bonds is 6. The van der Waals surface area contributed by atoms with Crippen LogP contribution in [-0.2, 0) is 37.3 Å². The second-order valence-electron chi connectivity index (χ2n) is 13.7. The van der Waals surface area contributed by atoms with Gasteiger partial charge < -0.3 is 5.11 Å². The Morgan fingerprint density at radius 3 is 2.26 bits per heavy atom. The number of allylic oxidation sites excluding steroid dienone is 2. The molecule has 4 aromatic rings. The standard InChI is InChI=1S/C39H29Cl2F3N4O5/c40-23-12-10-21(11-13-23)38-28(35(51)48(37(38)53)46-33-29(41)16-22(18-45-33)39(42,43)44)17-27-24(32(38)25-8-4-5-9-30(25)49)14-15-26-31(27)36(52)47(34(26)50)19-20-6-2-1-3-7-20/h1-14,16,18,26-28,31-32,49H,15,17,19H2,(H,45,46). The SMILES string of the molecule is O=C1C2CC=C3C(CC4C(=O)N(Nc5ncc(C(F)(F)F)cc5Cl)C(=O)C4(c4ccc(Cl)cc4)C3c3ccccc3O)C2C(=O)N1Cc1ccccc1. The molecule has 2 aliphatic heterocycles. The highest BCUT2D eigenvalue weighted by atomic mass is 35.5. The molecular formula is C39H29Cl2F3N4O5. The van der Waals surface area contributed by atoms with Gasteiger partial charge in [-0.05, 0) is 54.2 Å². The number of amides is 4. The zero-order chi connectivity index (χ0) is 37.4. The number of aromatic hydroxyl groups is 1. The van der Waals surface area contributed by atoms with Crippen LogP contribution in [0.25, 0.3) is 0 Å². The number of nitrogens with one attached hydrogen (secondary N) is 1. The normalized spacial score (nSPS) is 26.7. The van der Waals surface area contributed by atoms with Crippen LogP contribution in [0, 0.1) is 23.7 Å². The molecule has 0 radical (unpaired) electrons. The second kappa shape index (κ2) is 12.7. The highest BCUT2D eigenvalue weighted by molar-refractivity contribution is 6.33. The third-order valence-corrected chi connectivity index (χ3v) is 11.6. The van der Waals surface area contributed by atoms with Crippen LogP contribution in [0.2, 0.25) is 10.0 Å². The van der Waals surface area contributed by atoms with Crippen LogP contribution >= 0.6 is 23.2 Å². The summed E-state index contributed by atoms with van der Waals surface area (Å²) in [6.45, 7) is 0.0740. The lowest BCUT2D eigenvalue weighted by atomic mass is 9.49. The molecule has 0 bridgehead atoms. The Morgan fingerprint density at radius 1 is 0.887 bits per heavy atom. The number of hydrogen-bond acceptors (Lipinski definition) is 7. The highest BCUT2D eigenvalue weighted by Gasteiger charge is 2.70. The molecule has 53 heavy (non-hydrogen) atoms. The number of phenolic OH excluding ortho intramolecular Hbond substituents is 1. The van der Waals surface area contributed by atoms with Gasteiger partial charge in [-0.3, -0.25) is 29.5 Å². The number of fused-ring (bicyclic) bond motifs is 4. The maximum atomic E-state index is 15.2. The number of likely N-dealkylation sites (tertiary alicyclic amines) is 1. The first-order valence-electron chi connectivity index (χ1n) is 16.8. The molecule has 9 nitrogen and oxygen atoms in total. The molecular weight excluding hydrogens is 732 g/mol. The predicted octanol–water partition coefficient (Wildman–Crippen LogP) is 7.30. The fourth-order valence-corrected chi connectivity index (χ4v) is 9.18. The third kappa shape index (κ3) is 5.41. The summed E-state index contributed by atoms with van der Waals surface area (Å²) in [5.41, 5.74) is 1.81. The molecule has 3 fully saturated rings. The number of carbonyl (C=O) groups is 4. The van der Waals surface area contributed by atoms with Crippen LogP contribution in [0.3, 0.4) is 0 Å². The van der Waals surface area contributed by atoms with Gasteiger partial charge in [0.2, 0.25) is 11.8 Å². The molecule has 1 aromatic heterocycles. The first-order valence-corrected chi connectivity index (χ1v) is 17.6. The maximum Gasteiger partial charge on any atom is 0.417 e. The number of imide groups is 2. The number of aromatic nitrogens is 1. The number of carbonyl (C=O) groups excluding carboxylic acids is 4. The lowest BCUT2D eigenvalue weighted by Crippen LogP contribution is -2.53. The monoisotopic (exact) mass is 760 g/mol. The van der Waals surface area contributed by atoms with Crippen molar-refractivity contribution in [3.05, 3.63) is 135 Å². The van der Waals surface area contributed by atoms with Crippen LogP contribution in [0.15, 0.2) is 103 Å². The van der Waals surface area contributed by atoms with Gasteiger partial charge in [0.25, 0.3) is 11.8 Å². The Balaban J connectivity index is 1.28. The zero-order valence-corrected chi connectivity index (χ0v) is 29.1. The van der Waals surface area contributed by atoms with E-state index in [2.05, 4.69) is 10.4 Å². The molecule has 2 aliphatic carbocycles. The lowest BCUT2D eigenvalue weighted by Gasteiger charge is -2.50. The van der Waals surface area contributed by atoms with Crippen molar-refractivity contribution in [1.82, 2.24) is 14.9 Å². The molecule has 270 valence electrons. The molecule has 1 saturated carbocycles. The Hall–Kier alpha value is -5.20. The fraction of sp³-hybridized carbons (Fsp3) is 0.256. The number of para-hydroxylation sites is 1. The highest BCUT2D eigenvalue weighted by Crippen LogP contribution is 2.65. The van der Waals surface area contributed by atoms with Gasteiger partial charge in [-0.1, -0.05) is 95.5 Å². The Morgan fingerprint density at radius 2 is 1.58 bits per heavy atom. The summed E-state index contributed by atoms with van der Waals surface area (Å²) in [5.74, 6) is -7.22. The Bertz CT molecular complexity index is 2220. The summed E-state index contributed by atoms with van der Waals surface area (Å²) in [6.07, 6.45) is -2.20. The van der Waals surface area contributed by atoms with Crippen molar-refractivity contribution in [2.75, 3.05) is 5.43 Å². The molecule has 8 rings (SSSR count). The van der Waals surface area contributed by atoms with Crippen molar-refractivity contribution in [2.45, 2.75) is 36.9 Å². The van der Waals surface area contributed by atoms with Gasteiger partial charge >= 0.3 is 6.18 Å². The molecule has 4 aliphatic rings. The van der Waals surface area contributed by atoms with Gasteiger partial charge in [0.1, 0.15) is 5.75 Å². The largest absolute Gasteiger partial charge is 0.508 e. The smallest absolute Gasteiger partial charge is 0.417 e. The number of pyridine rings is 1. The van der Waals surface area contributed by atoms with Crippen molar-refractivity contribution in [3.8, 4) is 5.75 Å². The van der Waals surface area contributed by atoms with E-state index in [1.54, 1.807) is 42.5 Å². The molecule has 2 N–H and O–H groups in total. The molecule has 14 heteroatoms. The van der Waals surface area contributed by atoms with E-state index in [-0.39, 0.29) is 42.8 Å². The van der Waals surface area contributed by atoms with Crippen molar-refractivity contribution in [2.24, 2.45) is 23.7 Å². The predicted molar refractivity (Wildman–Crippen MR) is 187 cm³/mol. The van der Waals surface area contributed by atoms with E-state index in [4.69, 9.17) is 23.2 Å². The van der Waals surface area contributed by atoms with Gasteiger partial charge in [0, 0.05) is 22.7 Å². The zero-order valence-electron chi connectivity index (χ0n) is 27.6. The van der Waals surface area contributed by atoms with E-state index >= 15 is 4.79 Å². The van der Waals surface area contributed by atoms with Gasteiger partial charge in [-0.2, -0.15) is 18.2 Å². The summed E-state index contributed by atoms with van der Waals surface area (Å²) >= 11 is 12.5. The topological polar surface area (TPSA) is 120 Å². The number of anilines is 1. The fourth-order valence-electron chi connectivity index (χ4n) is 8.85. The van der Waals surface area contributed by atoms with Crippen LogP contribution < -0.4 is 5.43 Å². The first-order chi connectivity index (χ1) is 25.3. The van der Waals surface area contributed by atoms with Gasteiger partial charge in [0.15, 0.2) is 5.82 Å². The minimum Gasteiger partial charge on any atom is -0.508 e. The maximum absolute atomic E-state index is 15.2. The van der Waals surface area contributed by atoms with E-state index in [0.29, 0.717) is 39.0 Å². The third-order valence-electron chi connectivity index (χ3n) is 11.1. The number of benzene rings is 3. The van der Waals surface area contributed by atoms with E-state index in [1.807, 2.05) is 36.4 Å². The molecule has 6 atom stereocenters. The van der Waals surface area contributed by atoms with Crippen LogP contribution in [0.1, 0.15) is 41.0 Å².